The Bertz CT molecular complexity index is 1070. The smallest absolute Gasteiger partial charge is 0.274 e. The molecule has 2 saturated heterocycles. The second kappa shape index (κ2) is 9.74. The number of fused-ring (bicyclic) bond motifs is 1. The van der Waals surface area contributed by atoms with E-state index in [0.717, 1.165) is 48.9 Å². The molecule has 0 N–H and O–H groups in total. The molecular formula is C25H31FN4O4. The fourth-order valence-corrected chi connectivity index (χ4v) is 5.10. The van der Waals surface area contributed by atoms with Crippen molar-refractivity contribution in [3.63, 3.8) is 0 Å². The van der Waals surface area contributed by atoms with Crippen LogP contribution in [0.1, 0.15) is 46.6 Å². The van der Waals surface area contributed by atoms with Gasteiger partial charge in [-0.3, -0.25) is 14.3 Å². The lowest BCUT2D eigenvalue weighted by molar-refractivity contribution is -0.133. The molecule has 1 aromatic carbocycles. The molecule has 182 valence electrons. The number of carbonyl (C=O) groups excluding carboxylic acids is 2. The molecule has 9 heteroatoms. The van der Waals surface area contributed by atoms with Gasteiger partial charge >= 0.3 is 0 Å². The molecule has 2 fully saturated rings. The molecule has 2 aliphatic heterocycles. The van der Waals surface area contributed by atoms with Gasteiger partial charge in [-0.15, -0.1) is 0 Å². The summed E-state index contributed by atoms with van der Waals surface area (Å²) in [4.78, 5) is 29.8. The van der Waals surface area contributed by atoms with Crippen molar-refractivity contribution in [2.45, 2.75) is 51.7 Å². The lowest BCUT2D eigenvalue weighted by Crippen LogP contribution is -2.43. The zero-order chi connectivity index (χ0) is 23.7. The van der Waals surface area contributed by atoms with Crippen molar-refractivity contribution >= 4 is 11.8 Å². The van der Waals surface area contributed by atoms with Gasteiger partial charge in [-0.2, -0.15) is 5.10 Å². The van der Waals surface area contributed by atoms with Crippen molar-refractivity contribution in [2.24, 2.45) is 0 Å². The number of ether oxygens (including phenoxy) is 2. The molecule has 0 saturated carbocycles. The number of morpholine rings is 1. The standard InChI is InChI=1S/C25H31FN4O4/c1-17-15-18(26)5-6-22(17)34-19-7-9-28(10-8-19)23(31)16-30-21-4-2-3-20(21)24(27-30)25(32)29-11-13-33-14-12-29/h5-6,15,19H,2-4,7-14,16H2,1H3. The molecule has 0 atom stereocenters. The van der Waals surface area contributed by atoms with Crippen LogP contribution in [-0.2, 0) is 28.9 Å². The van der Waals surface area contributed by atoms with Crippen molar-refractivity contribution in [1.29, 1.82) is 0 Å². The zero-order valence-electron chi connectivity index (χ0n) is 19.6. The second-order valence-corrected chi connectivity index (χ2v) is 9.30. The number of likely N-dealkylation sites (tertiary alicyclic amines) is 1. The number of amides is 2. The van der Waals surface area contributed by atoms with Gasteiger partial charge in [-0.05, 0) is 49.9 Å². The van der Waals surface area contributed by atoms with E-state index in [1.165, 1.54) is 12.1 Å². The quantitative estimate of drug-likeness (QED) is 0.671. The third kappa shape index (κ3) is 4.66. The van der Waals surface area contributed by atoms with Crippen LogP contribution in [0.5, 0.6) is 5.75 Å². The zero-order valence-corrected chi connectivity index (χ0v) is 19.6. The summed E-state index contributed by atoms with van der Waals surface area (Å²) in [7, 11) is 0. The first-order valence-corrected chi connectivity index (χ1v) is 12.2. The van der Waals surface area contributed by atoms with E-state index in [2.05, 4.69) is 5.10 Å². The minimum absolute atomic E-state index is 0.0000849. The third-order valence-electron chi connectivity index (χ3n) is 7.02. The van der Waals surface area contributed by atoms with Gasteiger partial charge in [0.2, 0.25) is 5.91 Å². The summed E-state index contributed by atoms with van der Waals surface area (Å²) < 4.78 is 26.5. The van der Waals surface area contributed by atoms with E-state index < -0.39 is 0 Å². The molecule has 0 bridgehead atoms. The largest absolute Gasteiger partial charge is 0.490 e. The van der Waals surface area contributed by atoms with Crippen molar-refractivity contribution in [3.8, 4) is 5.75 Å². The predicted molar refractivity (Wildman–Crippen MR) is 122 cm³/mol. The molecule has 1 aromatic heterocycles. The number of carbonyl (C=O) groups is 2. The van der Waals surface area contributed by atoms with E-state index >= 15 is 0 Å². The minimum atomic E-state index is -0.273. The number of hydrogen-bond donors (Lipinski definition) is 0. The molecule has 0 radical (unpaired) electrons. The molecule has 2 amide bonds. The van der Waals surface area contributed by atoms with E-state index in [1.54, 1.807) is 15.6 Å². The highest BCUT2D eigenvalue weighted by Crippen LogP contribution is 2.27. The Morgan fingerprint density at radius 1 is 1.12 bits per heavy atom. The maximum Gasteiger partial charge on any atom is 0.274 e. The average Bonchev–Trinajstić information content (AvgIpc) is 3.45. The Balaban J connectivity index is 1.20. The van der Waals surface area contributed by atoms with Crippen molar-refractivity contribution < 1.29 is 23.5 Å². The van der Waals surface area contributed by atoms with Crippen molar-refractivity contribution in [1.82, 2.24) is 19.6 Å². The first-order chi connectivity index (χ1) is 16.5. The van der Waals surface area contributed by atoms with Gasteiger partial charge < -0.3 is 19.3 Å². The predicted octanol–water partition coefficient (Wildman–Crippen LogP) is 2.36. The van der Waals surface area contributed by atoms with Crippen LogP contribution in [0.15, 0.2) is 18.2 Å². The van der Waals surface area contributed by atoms with Crippen LogP contribution < -0.4 is 4.74 Å². The van der Waals surface area contributed by atoms with Crippen LogP contribution in [0.2, 0.25) is 0 Å². The Labute approximate surface area is 198 Å². The average molecular weight is 471 g/mol. The summed E-state index contributed by atoms with van der Waals surface area (Å²) in [6.07, 6.45) is 4.11. The van der Waals surface area contributed by atoms with Crippen molar-refractivity contribution in [2.75, 3.05) is 39.4 Å². The van der Waals surface area contributed by atoms with E-state index in [-0.39, 0.29) is 30.3 Å². The van der Waals surface area contributed by atoms with Crippen LogP contribution in [0.25, 0.3) is 0 Å². The summed E-state index contributed by atoms with van der Waals surface area (Å²) in [5.41, 5.74) is 3.30. The Hall–Kier alpha value is -2.94. The van der Waals surface area contributed by atoms with E-state index in [4.69, 9.17) is 9.47 Å². The Morgan fingerprint density at radius 3 is 2.62 bits per heavy atom. The summed E-state index contributed by atoms with van der Waals surface area (Å²) in [6, 6.07) is 4.53. The van der Waals surface area contributed by atoms with Gasteiger partial charge in [0.25, 0.3) is 5.91 Å². The molecular weight excluding hydrogens is 439 g/mol. The fourth-order valence-electron chi connectivity index (χ4n) is 5.10. The highest BCUT2D eigenvalue weighted by Gasteiger charge is 2.31. The third-order valence-corrected chi connectivity index (χ3v) is 7.02. The van der Waals surface area contributed by atoms with Gasteiger partial charge in [0.15, 0.2) is 5.69 Å². The molecule has 1 aliphatic carbocycles. The molecule has 0 spiro atoms. The Morgan fingerprint density at radius 2 is 1.88 bits per heavy atom. The number of hydrogen-bond acceptors (Lipinski definition) is 5. The molecule has 3 heterocycles. The van der Waals surface area contributed by atoms with Crippen molar-refractivity contribution in [3.05, 3.63) is 46.5 Å². The Kier molecular flexibility index (Phi) is 6.54. The van der Waals surface area contributed by atoms with Crippen LogP contribution in [0.3, 0.4) is 0 Å². The van der Waals surface area contributed by atoms with Gasteiger partial charge in [0, 0.05) is 50.3 Å². The topological polar surface area (TPSA) is 76.9 Å². The SMILES string of the molecule is Cc1cc(F)ccc1OC1CCN(C(=O)Cn2nc(C(=O)N3CCOCC3)c3c2CCC3)CC1. The number of benzene rings is 1. The lowest BCUT2D eigenvalue weighted by atomic mass is 10.1. The van der Waals surface area contributed by atoms with Gasteiger partial charge in [0.05, 0.1) is 13.2 Å². The van der Waals surface area contributed by atoms with Crippen LogP contribution in [0.4, 0.5) is 4.39 Å². The monoisotopic (exact) mass is 470 g/mol. The van der Waals surface area contributed by atoms with E-state index in [9.17, 15) is 14.0 Å². The molecule has 2 aromatic rings. The minimum Gasteiger partial charge on any atom is -0.490 e. The number of piperidine rings is 1. The first kappa shape index (κ1) is 22.8. The molecule has 0 unspecified atom stereocenters. The number of aromatic nitrogens is 2. The summed E-state index contributed by atoms with van der Waals surface area (Å²) >= 11 is 0. The number of nitrogens with zero attached hydrogens (tertiary/aromatic N) is 4. The van der Waals surface area contributed by atoms with E-state index in [0.29, 0.717) is 50.8 Å². The number of halogens is 1. The maximum absolute atomic E-state index is 13.3. The van der Waals surface area contributed by atoms with E-state index in [1.807, 2.05) is 11.8 Å². The van der Waals surface area contributed by atoms with Crippen LogP contribution >= 0.6 is 0 Å². The summed E-state index contributed by atoms with van der Waals surface area (Å²) in [5.74, 6) is 0.376. The molecule has 5 rings (SSSR count). The van der Waals surface area contributed by atoms with Gasteiger partial charge in [-0.25, -0.2) is 4.39 Å². The fraction of sp³-hybridized carbons (Fsp3) is 0.560. The second-order valence-electron chi connectivity index (χ2n) is 9.30. The summed E-state index contributed by atoms with van der Waals surface area (Å²) in [5, 5.41) is 4.61. The van der Waals surface area contributed by atoms with Gasteiger partial charge in [-0.1, -0.05) is 0 Å². The summed E-state index contributed by atoms with van der Waals surface area (Å²) in [6.45, 7) is 5.45. The molecule has 8 nitrogen and oxygen atoms in total. The highest BCUT2D eigenvalue weighted by atomic mass is 19.1. The number of rotatable bonds is 5. The number of aryl methyl sites for hydroxylation is 1. The maximum atomic E-state index is 13.3. The lowest BCUT2D eigenvalue weighted by Gasteiger charge is -2.32. The molecule has 3 aliphatic rings. The first-order valence-electron chi connectivity index (χ1n) is 12.2. The normalized spacial score (nSPS) is 18.8. The van der Waals surface area contributed by atoms with Crippen LogP contribution in [-0.4, -0.2) is 76.9 Å². The van der Waals surface area contributed by atoms with Crippen LogP contribution in [0, 0.1) is 12.7 Å². The highest BCUT2D eigenvalue weighted by molar-refractivity contribution is 5.94. The van der Waals surface area contributed by atoms with Gasteiger partial charge in [0.1, 0.15) is 24.2 Å². The molecule has 34 heavy (non-hydrogen) atoms.